The van der Waals surface area contributed by atoms with Crippen molar-refractivity contribution in [2.75, 3.05) is 19.6 Å². The smallest absolute Gasteiger partial charge is 0.234 e. The van der Waals surface area contributed by atoms with Crippen LogP contribution in [0, 0.1) is 35.0 Å². The molecule has 2 saturated carbocycles. The summed E-state index contributed by atoms with van der Waals surface area (Å²) < 4.78 is 7.25. The van der Waals surface area contributed by atoms with Gasteiger partial charge in [-0.15, -0.1) is 0 Å². The van der Waals surface area contributed by atoms with Crippen molar-refractivity contribution in [2.45, 2.75) is 116 Å². The molecule has 0 radical (unpaired) electrons. The normalized spacial score (nSPS) is 40.1. The van der Waals surface area contributed by atoms with E-state index >= 15 is 0 Å². The summed E-state index contributed by atoms with van der Waals surface area (Å²) in [5, 5.41) is 3.22. The molecule has 7 rings (SSSR count). The van der Waals surface area contributed by atoms with Crippen molar-refractivity contribution in [3.63, 3.8) is 0 Å². The fourth-order valence-corrected chi connectivity index (χ4v) is 11.1. The molecule has 5 nitrogen and oxygen atoms in total. The maximum Gasteiger partial charge on any atom is 0.234 e. The zero-order valence-corrected chi connectivity index (χ0v) is 27.6. The maximum atomic E-state index is 13.2. The van der Waals surface area contributed by atoms with Crippen LogP contribution in [-0.2, 0) is 20.7 Å². The van der Waals surface area contributed by atoms with Crippen LogP contribution in [0.2, 0.25) is 0 Å². The standard InChI is InChI=1S/C39H54N2O3/c1-25-19-35-37(41(23-25)24-36(43)40-18-8-11-28-9-6-5-7-10-28)27(3)39(44-35)17-15-31-32-13-12-29-20-30(42)14-16-38(29,4)34(32)21-33(31)26(2)22-39/h5-7,9-10,20,25,27,31-32,34-35,37H,8,11-19,21-24H2,1-4H3,(H,40,43)/t25-,27+,31-,32-,34-,35?,37-,38-,39-/m0/s1. The van der Waals surface area contributed by atoms with Gasteiger partial charge in [0, 0.05) is 31.5 Å². The Balaban J connectivity index is 1.03. The molecule has 2 saturated heterocycles. The third-order valence-corrected chi connectivity index (χ3v) is 13.3. The van der Waals surface area contributed by atoms with E-state index in [1.54, 1.807) is 11.1 Å². The van der Waals surface area contributed by atoms with Gasteiger partial charge in [-0.3, -0.25) is 14.5 Å². The topological polar surface area (TPSA) is 58.6 Å². The Hall–Kier alpha value is -2.24. The third-order valence-electron chi connectivity index (χ3n) is 13.3. The summed E-state index contributed by atoms with van der Waals surface area (Å²) in [6, 6.07) is 10.8. The van der Waals surface area contributed by atoms with Crippen LogP contribution in [-0.4, -0.2) is 54.0 Å². The van der Waals surface area contributed by atoms with Gasteiger partial charge in [-0.2, -0.15) is 0 Å². The molecule has 2 aliphatic heterocycles. The molecule has 1 aromatic carbocycles. The van der Waals surface area contributed by atoms with Crippen LogP contribution in [0.15, 0.2) is 53.1 Å². The van der Waals surface area contributed by atoms with E-state index < -0.39 is 0 Å². The molecule has 44 heavy (non-hydrogen) atoms. The lowest BCUT2D eigenvalue weighted by molar-refractivity contribution is -0.124. The molecule has 1 N–H and O–H groups in total. The Morgan fingerprint density at radius 2 is 1.93 bits per heavy atom. The number of nitrogens with zero attached hydrogens (tertiary/aromatic N) is 1. The van der Waals surface area contributed by atoms with E-state index in [2.05, 4.69) is 68.2 Å². The average molecular weight is 599 g/mol. The van der Waals surface area contributed by atoms with E-state index in [9.17, 15) is 9.59 Å². The predicted molar refractivity (Wildman–Crippen MR) is 175 cm³/mol. The van der Waals surface area contributed by atoms with Crippen LogP contribution >= 0.6 is 0 Å². The van der Waals surface area contributed by atoms with Crippen molar-refractivity contribution < 1.29 is 14.3 Å². The minimum Gasteiger partial charge on any atom is -0.369 e. The number of piperidine rings is 1. The summed E-state index contributed by atoms with van der Waals surface area (Å²) >= 11 is 0. The highest BCUT2D eigenvalue weighted by Crippen LogP contribution is 2.64. The highest BCUT2D eigenvalue weighted by Gasteiger charge is 2.59. The van der Waals surface area contributed by atoms with Gasteiger partial charge in [-0.25, -0.2) is 0 Å². The minimum absolute atomic E-state index is 0.123. The van der Waals surface area contributed by atoms with Gasteiger partial charge < -0.3 is 10.1 Å². The van der Waals surface area contributed by atoms with Gasteiger partial charge in [0.25, 0.3) is 0 Å². The Labute approximate surface area is 265 Å². The monoisotopic (exact) mass is 598 g/mol. The second-order valence-corrected chi connectivity index (χ2v) is 15.9. The van der Waals surface area contributed by atoms with Crippen LogP contribution in [0.5, 0.6) is 0 Å². The molecule has 4 fully saturated rings. The molecule has 9 atom stereocenters. The van der Waals surface area contributed by atoms with Crippen LogP contribution in [0.1, 0.15) is 97.5 Å². The summed E-state index contributed by atoms with van der Waals surface area (Å²) in [4.78, 5) is 27.9. The maximum absolute atomic E-state index is 13.2. The largest absolute Gasteiger partial charge is 0.369 e. The molecule has 6 aliphatic rings. The number of likely N-dealkylation sites (tertiary alicyclic amines) is 1. The first-order valence-corrected chi connectivity index (χ1v) is 17.8. The quantitative estimate of drug-likeness (QED) is 0.281. The zero-order chi connectivity index (χ0) is 30.6. The van der Waals surface area contributed by atoms with E-state index in [0.29, 0.717) is 42.0 Å². The summed E-state index contributed by atoms with van der Waals surface area (Å²) in [7, 11) is 0. The number of carbonyl (C=O) groups excluding carboxylic acids is 2. The Morgan fingerprint density at radius 1 is 1.11 bits per heavy atom. The molecule has 1 aromatic rings. The van der Waals surface area contributed by atoms with E-state index in [1.165, 1.54) is 30.4 Å². The number of ketones is 1. The van der Waals surface area contributed by atoms with Crippen LogP contribution in [0.3, 0.4) is 0 Å². The Morgan fingerprint density at radius 3 is 2.75 bits per heavy atom. The molecule has 5 heteroatoms. The second-order valence-electron chi connectivity index (χ2n) is 15.9. The fraction of sp³-hybridized carbons (Fsp3) is 0.692. The van der Waals surface area contributed by atoms with Gasteiger partial charge in [0.2, 0.25) is 5.91 Å². The van der Waals surface area contributed by atoms with Crippen molar-refractivity contribution in [1.29, 1.82) is 0 Å². The first-order valence-electron chi connectivity index (χ1n) is 17.8. The molecule has 2 heterocycles. The van der Waals surface area contributed by atoms with E-state index in [1.807, 2.05) is 6.08 Å². The number of aryl methyl sites for hydroxylation is 1. The van der Waals surface area contributed by atoms with Gasteiger partial charge >= 0.3 is 0 Å². The molecule has 1 unspecified atom stereocenters. The van der Waals surface area contributed by atoms with Crippen molar-refractivity contribution >= 4 is 11.7 Å². The number of ether oxygens (including phenoxy) is 1. The minimum atomic E-state index is -0.123. The molecule has 0 aromatic heterocycles. The third kappa shape index (κ3) is 5.34. The number of benzene rings is 1. The van der Waals surface area contributed by atoms with Gasteiger partial charge in [0.15, 0.2) is 5.78 Å². The summed E-state index contributed by atoms with van der Waals surface area (Å²) in [5.74, 6) is 3.53. The molecule has 238 valence electrons. The molecule has 1 spiro atoms. The lowest BCUT2D eigenvalue weighted by Crippen LogP contribution is -2.54. The van der Waals surface area contributed by atoms with Gasteiger partial charge in [-0.1, -0.05) is 67.8 Å². The number of carbonyl (C=O) groups is 2. The molecular weight excluding hydrogens is 544 g/mol. The van der Waals surface area contributed by atoms with Crippen LogP contribution < -0.4 is 5.32 Å². The number of nitrogens with one attached hydrogen (secondary N) is 1. The average Bonchev–Trinajstić information content (AvgIpc) is 3.46. The first kappa shape index (κ1) is 30.4. The van der Waals surface area contributed by atoms with E-state index in [-0.39, 0.29) is 23.0 Å². The number of hydrogen-bond acceptors (Lipinski definition) is 4. The van der Waals surface area contributed by atoms with Crippen LogP contribution in [0.25, 0.3) is 0 Å². The van der Waals surface area contributed by atoms with E-state index in [4.69, 9.17) is 4.74 Å². The molecule has 1 amide bonds. The van der Waals surface area contributed by atoms with Gasteiger partial charge in [0.1, 0.15) is 0 Å². The van der Waals surface area contributed by atoms with Crippen molar-refractivity contribution in [3.05, 3.63) is 58.7 Å². The summed E-state index contributed by atoms with van der Waals surface area (Å²) in [5.41, 5.74) is 6.19. The van der Waals surface area contributed by atoms with Gasteiger partial charge in [0.05, 0.1) is 18.2 Å². The SMILES string of the molecule is CC1=C2C[C@H]3[C@@H](CCC4=CC(=O)CC[C@@]43C)[C@@H]2CC[C@@]2(C1)OC1C[C@H](C)CN(CC(=O)NCCCc3ccccc3)[C@H]1[C@H]2C. The number of allylic oxidation sites excluding steroid dienone is 3. The highest BCUT2D eigenvalue weighted by atomic mass is 16.5. The van der Waals surface area contributed by atoms with E-state index in [0.717, 1.165) is 70.4 Å². The number of rotatable bonds is 6. The van der Waals surface area contributed by atoms with Crippen LogP contribution in [0.4, 0.5) is 0 Å². The summed E-state index contributed by atoms with van der Waals surface area (Å²) in [6.45, 7) is 11.8. The van der Waals surface area contributed by atoms with Gasteiger partial charge in [-0.05, 0) is 112 Å². The first-order chi connectivity index (χ1) is 21.2. The summed E-state index contributed by atoms with van der Waals surface area (Å²) in [6.07, 6.45) is 14.0. The number of hydrogen-bond donors (Lipinski definition) is 1. The Kier molecular flexibility index (Phi) is 8.19. The molecule has 0 bridgehead atoms. The number of fused-ring (bicyclic) bond motifs is 6. The molecule has 4 aliphatic carbocycles. The highest BCUT2D eigenvalue weighted by molar-refractivity contribution is 5.91. The predicted octanol–water partition coefficient (Wildman–Crippen LogP) is 7.06. The zero-order valence-electron chi connectivity index (χ0n) is 27.6. The lowest BCUT2D eigenvalue weighted by atomic mass is 9.56. The Bertz CT molecular complexity index is 1330. The van der Waals surface area contributed by atoms with Crippen molar-refractivity contribution in [3.8, 4) is 0 Å². The fourth-order valence-electron chi connectivity index (χ4n) is 11.1. The van der Waals surface area contributed by atoms with Crippen molar-refractivity contribution in [1.82, 2.24) is 10.2 Å². The lowest BCUT2D eigenvalue weighted by Gasteiger charge is -2.48. The second kappa shape index (κ2) is 11.8. The van der Waals surface area contributed by atoms with Crippen molar-refractivity contribution in [2.24, 2.45) is 35.0 Å². The molecular formula is C39H54N2O3. The number of amides is 1.